The van der Waals surface area contributed by atoms with Crippen LogP contribution in [-0.2, 0) is 0 Å². The van der Waals surface area contributed by atoms with Gasteiger partial charge in [0, 0.05) is 12.2 Å². The smallest absolute Gasteiger partial charge is 0.0342 e. The van der Waals surface area contributed by atoms with Gasteiger partial charge in [-0.2, -0.15) is 0 Å². The van der Waals surface area contributed by atoms with Gasteiger partial charge in [-0.05, 0) is 43.5 Å². The first-order valence-electron chi connectivity index (χ1n) is 5.23. The monoisotopic (exact) mass is 192 g/mol. The number of hydrogen-bond acceptors (Lipinski definition) is 2. The first-order chi connectivity index (χ1) is 6.72. The van der Waals surface area contributed by atoms with E-state index in [4.69, 9.17) is 5.73 Å². The number of rotatable bonds is 5. The summed E-state index contributed by atoms with van der Waals surface area (Å²) < 4.78 is 0. The second kappa shape index (κ2) is 5.66. The van der Waals surface area contributed by atoms with Crippen LogP contribution in [0, 0.1) is 12.8 Å². The lowest BCUT2D eigenvalue weighted by atomic mass is 10.1. The van der Waals surface area contributed by atoms with Crippen molar-refractivity contribution in [2.75, 3.05) is 18.4 Å². The maximum atomic E-state index is 5.49. The molecular weight excluding hydrogens is 172 g/mol. The lowest BCUT2D eigenvalue weighted by Gasteiger charge is -2.12. The molecule has 0 amide bonds. The zero-order valence-corrected chi connectivity index (χ0v) is 9.09. The fourth-order valence-corrected chi connectivity index (χ4v) is 1.43. The summed E-state index contributed by atoms with van der Waals surface area (Å²) in [5.41, 5.74) is 7.99. The van der Waals surface area contributed by atoms with E-state index in [1.165, 1.54) is 11.3 Å². The molecule has 1 aromatic carbocycles. The third-order valence-corrected chi connectivity index (χ3v) is 2.33. The molecule has 0 spiro atoms. The highest BCUT2D eigenvalue weighted by atomic mass is 14.9. The third kappa shape index (κ3) is 3.79. The van der Waals surface area contributed by atoms with Crippen molar-refractivity contribution >= 4 is 5.69 Å². The minimum atomic E-state index is 0.639. The van der Waals surface area contributed by atoms with E-state index in [2.05, 4.69) is 43.4 Å². The molecule has 1 unspecified atom stereocenters. The van der Waals surface area contributed by atoms with Crippen LogP contribution in [0.4, 0.5) is 5.69 Å². The average Bonchev–Trinajstić information content (AvgIpc) is 2.15. The Labute approximate surface area is 86.5 Å². The van der Waals surface area contributed by atoms with Gasteiger partial charge in [0.1, 0.15) is 0 Å². The molecule has 0 aliphatic rings. The molecule has 0 aliphatic heterocycles. The first kappa shape index (κ1) is 11.1. The van der Waals surface area contributed by atoms with E-state index < -0.39 is 0 Å². The predicted molar refractivity (Wildman–Crippen MR) is 62.5 cm³/mol. The van der Waals surface area contributed by atoms with Gasteiger partial charge in [0.05, 0.1) is 0 Å². The molecule has 0 saturated heterocycles. The standard InChI is InChI=1S/C12H20N2/c1-10-4-3-5-12(8-10)14-9-11(2)6-7-13/h3-5,8,11,14H,6-7,9,13H2,1-2H3. The zero-order valence-electron chi connectivity index (χ0n) is 9.09. The van der Waals surface area contributed by atoms with E-state index in [0.29, 0.717) is 5.92 Å². The van der Waals surface area contributed by atoms with Crippen LogP contribution in [-0.4, -0.2) is 13.1 Å². The zero-order chi connectivity index (χ0) is 10.4. The van der Waals surface area contributed by atoms with Gasteiger partial charge >= 0.3 is 0 Å². The summed E-state index contributed by atoms with van der Waals surface area (Å²) in [5, 5.41) is 3.41. The summed E-state index contributed by atoms with van der Waals surface area (Å²) in [6.45, 7) is 6.10. The van der Waals surface area contributed by atoms with Gasteiger partial charge in [-0.1, -0.05) is 19.1 Å². The molecular formula is C12H20N2. The Morgan fingerprint density at radius 1 is 1.43 bits per heavy atom. The molecule has 0 radical (unpaired) electrons. The van der Waals surface area contributed by atoms with Crippen molar-refractivity contribution in [3.8, 4) is 0 Å². The van der Waals surface area contributed by atoms with Gasteiger partial charge in [-0.3, -0.25) is 0 Å². The van der Waals surface area contributed by atoms with E-state index in [0.717, 1.165) is 19.5 Å². The van der Waals surface area contributed by atoms with E-state index in [-0.39, 0.29) is 0 Å². The van der Waals surface area contributed by atoms with Gasteiger partial charge in [0.2, 0.25) is 0 Å². The number of hydrogen-bond donors (Lipinski definition) is 2. The molecule has 2 nitrogen and oxygen atoms in total. The highest BCUT2D eigenvalue weighted by molar-refractivity contribution is 5.45. The van der Waals surface area contributed by atoms with Crippen molar-refractivity contribution in [3.05, 3.63) is 29.8 Å². The Hall–Kier alpha value is -1.02. The Morgan fingerprint density at radius 2 is 2.21 bits per heavy atom. The predicted octanol–water partition coefficient (Wildman–Crippen LogP) is 2.39. The topological polar surface area (TPSA) is 38.0 Å². The summed E-state index contributed by atoms with van der Waals surface area (Å²) in [5.74, 6) is 0.639. The van der Waals surface area contributed by atoms with Gasteiger partial charge < -0.3 is 11.1 Å². The van der Waals surface area contributed by atoms with Crippen molar-refractivity contribution in [1.82, 2.24) is 0 Å². The number of benzene rings is 1. The van der Waals surface area contributed by atoms with E-state index in [1.54, 1.807) is 0 Å². The third-order valence-electron chi connectivity index (χ3n) is 2.33. The molecule has 1 aromatic rings. The minimum absolute atomic E-state index is 0.639. The Morgan fingerprint density at radius 3 is 2.86 bits per heavy atom. The Balaban J connectivity index is 2.37. The van der Waals surface area contributed by atoms with Crippen LogP contribution in [0.1, 0.15) is 18.9 Å². The number of aryl methyl sites for hydroxylation is 1. The summed E-state index contributed by atoms with van der Waals surface area (Å²) in [6, 6.07) is 8.44. The van der Waals surface area contributed by atoms with Crippen LogP contribution in [0.3, 0.4) is 0 Å². The molecule has 0 aromatic heterocycles. The van der Waals surface area contributed by atoms with Crippen molar-refractivity contribution in [1.29, 1.82) is 0 Å². The fourth-order valence-electron chi connectivity index (χ4n) is 1.43. The van der Waals surface area contributed by atoms with Crippen LogP contribution in [0.15, 0.2) is 24.3 Å². The molecule has 78 valence electrons. The van der Waals surface area contributed by atoms with Crippen LogP contribution in [0.2, 0.25) is 0 Å². The fraction of sp³-hybridized carbons (Fsp3) is 0.500. The van der Waals surface area contributed by atoms with Gasteiger partial charge in [-0.15, -0.1) is 0 Å². The first-order valence-corrected chi connectivity index (χ1v) is 5.23. The van der Waals surface area contributed by atoms with Crippen LogP contribution >= 0.6 is 0 Å². The summed E-state index contributed by atoms with van der Waals surface area (Å²) in [4.78, 5) is 0. The summed E-state index contributed by atoms with van der Waals surface area (Å²) >= 11 is 0. The maximum Gasteiger partial charge on any atom is 0.0342 e. The average molecular weight is 192 g/mol. The minimum Gasteiger partial charge on any atom is -0.385 e. The molecule has 2 heteroatoms. The highest BCUT2D eigenvalue weighted by Crippen LogP contribution is 2.10. The molecule has 1 rings (SSSR count). The van der Waals surface area contributed by atoms with Crippen LogP contribution in [0.25, 0.3) is 0 Å². The number of nitrogens with one attached hydrogen (secondary N) is 1. The molecule has 0 fully saturated rings. The molecule has 0 saturated carbocycles. The molecule has 1 atom stereocenters. The number of nitrogens with two attached hydrogens (primary N) is 1. The van der Waals surface area contributed by atoms with Gasteiger partial charge in [-0.25, -0.2) is 0 Å². The quantitative estimate of drug-likeness (QED) is 0.751. The largest absolute Gasteiger partial charge is 0.385 e. The van der Waals surface area contributed by atoms with Gasteiger partial charge in [0.15, 0.2) is 0 Å². The van der Waals surface area contributed by atoms with E-state index in [1.807, 2.05) is 0 Å². The maximum absolute atomic E-state index is 5.49. The van der Waals surface area contributed by atoms with Crippen molar-refractivity contribution < 1.29 is 0 Å². The second-order valence-corrected chi connectivity index (χ2v) is 3.93. The lowest BCUT2D eigenvalue weighted by Crippen LogP contribution is -2.15. The molecule has 0 aliphatic carbocycles. The van der Waals surface area contributed by atoms with Crippen molar-refractivity contribution in [3.63, 3.8) is 0 Å². The highest BCUT2D eigenvalue weighted by Gasteiger charge is 1.99. The molecule has 14 heavy (non-hydrogen) atoms. The second-order valence-electron chi connectivity index (χ2n) is 3.93. The molecule has 0 heterocycles. The van der Waals surface area contributed by atoms with Gasteiger partial charge in [0.25, 0.3) is 0 Å². The summed E-state index contributed by atoms with van der Waals surface area (Å²) in [6.07, 6.45) is 1.08. The normalized spacial score (nSPS) is 12.5. The SMILES string of the molecule is Cc1cccc(NCC(C)CCN)c1. The Kier molecular flexibility index (Phi) is 4.47. The summed E-state index contributed by atoms with van der Waals surface area (Å²) in [7, 11) is 0. The van der Waals surface area contributed by atoms with E-state index in [9.17, 15) is 0 Å². The van der Waals surface area contributed by atoms with Crippen LogP contribution < -0.4 is 11.1 Å². The van der Waals surface area contributed by atoms with Crippen molar-refractivity contribution in [2.45, 2.75) is 20.3 Å². The molecule has 0 bridgehead atoms. The lowest BCUT2D eigenvalue weighted by molar-refractivity contribution is 0.568. The molecule has 3 N–H and O–H groups in total. The van der Waals surface area contributed by atoms with E-state index >= 15 is 0 Å². The Bertz CT molecular complexity index is 271. The number of anilines is 1. The van der Waals surface area contributed by atoms with Crippen LogP contribution in [0.5, 0.6) is 0 Å². The van der Waals surface area contributed by atoms with Crippen molar-refractivity contribution in [2.24, 2.45) is 11.7 Å².